The highest BCUT2D eigenvalue weighted by atomic mass is 35.5. The van der Waals surface area contributed by atoms with Crippen LogP contribution in [0, 0.1) is 0 Å². The lowest BCUT2D eigenvalue weighted by Gasteiger charge is -2.10. The Labute approximate surface area is 137 Å². The van der Waals surface area contributed by atoms with E-state index in [0.717, 1.165) is 32.8 Å². The van der Waals surface area contributed by atoms with E-state index in [2.05, 4.69) is 36.4 Å². The van der Waals surface area contributed by atoms with Crippen LogP contribution in [0.3, 0.4) is 0 Å². The summed E-state index contributed by atoms with van der Waals surface area (Å²) >= 11 is 6.12. The summed E-state index contributed by atoms with van der Waals surface area (Å²) in [6.45, 7) is 0. The van der Waals surface area contributed by atoms with Crippen LogP contribution in [0.2, 0.25) is 5.02 Å². The van der Waals surface area contributed by atoms with Crippen molar-refractivity contribution in [1.82, 2.24) is 9.97 Å². The minimum atomic E-state index is 0.677. The van der Waals surface area contributed by atoms with Gasteiger partial charge in [0.25, 0.3) is 0 Å². The van der Waals surface area contributed by atoms with Crippen LogP contribution in [0.25, 0.3) is 43.6 Å². The summed E-state index contributed by atoms with van der Waals surface area (Å²) in [5, 5.41) is 5.34. The van der Waals surface area contributed by atoms with E-state index in [1.807, 2.05) is 30.3 Å². The van der Waals surface area contributed by atoms with Crippen LogP contribution in [0.5, 0.6) is 0 Å². The van der Waals surface area contributed by atoms with Crippen molar-refractivity contribution in [3.05, 3.63) is 71.8 Å². The molecule has 1 heterocycles. The van der Waals surface area contributed by atoms with E-state index >= 15 is 0 Å². The van der Waals surface area contributed by atoms with E-state index in [4.69, 9.17) is 21.6 Å². The molecular formula is C20H11ClN2. The Bertz CT molecular complexity index is 1230. The van der Waals surface area contributed by atoms with Crippen LogP contribution in [0.1, 0.15) is 0 Å². The Morgan fingerprint density at radius 3 is 1.70 bits per heavy atom. The SMILES string of the molecule is Clc1ccc2nc3c4ccccc4c4ccccc4c3nc2c1. The molecule has 5 aromatic rings. The zero-order valence-corrected chi connectivity index (χ0v) is 12.9. The molecule has 0 aliphatic rings. The summed E-state index contributed by atoms with van der Waals surface area (Å²) in [5.41, 5.74) is 3.55. The molecule has 5 rings (SSSR count). The molecule has 0 fully saturated rings. The molecule has 2 nitrogen and oxygen atoms in total. The minimum absolute atomic E-state index is 0.677. The number of fused-ring (bicyclic) bond motifs is 7. The molecule has 0 saturated carbocycles. The van der Waals surface area contributed by atoms with E-state index in [1.165, 1.54) is 10.8 Å². The first-order valence-electron chi connectivity index (χ1n) is 7.48. The summed E-state index contributed by atoms with van der Waals surface area (Å²) in [6.07, 6.45) is 0. The highest BCUT2D eigenvalue weighted by Crippen LogP contribution is 2.34. The molecular weight excluding hydrogens is 304 g/mol. The molecule has 108 valence electrons. The average molecular weight is 315 g/mol. The van der Waals surface area contributed by atoms with Gasteiger partial charge in [-0.1, -0.05) is 60.1 Å². The Morgan fingerprint density at radius 1 is 0.565 bits per heavy atom. The monoisotopic (exact) mass is 314 g/mol. The van der Waals surface area contributed by atoms with Gasteiger partial charge in [-0.15, -0.1) is 0 Å². The van der Waals surface area contributed by atoms with E-state index in [9.17, 15) is 0 Å². The predicted molar refractivity (Wildman–Crippen MR) is 97.1 cm³/mol. The highest BCUT2D eigenvalue weighted by Gasteiger charge is 2.11. The molecule has 0 amide bonds. The van der Waals surface area contributed by atoms with Crippen LogP contribution in [0.4, 0.5) is 0 Å². The second kappa shape index (κ2) is 4.64. The van der Waals surface area contributed by atoms with E-state index in [-0.39, 0.29) is 0 Å². The lowest BCUT2D eigenvalue weighted by atomic mass is 9.99. The Balaban J connectivity index is 2.14. The van der Waals surface area contributed by atoms with Gasteiger partial charge in [-0.25, -0.2) is 9.97 Å². The number of nitrogens with zero attached hydrogens (tertiary/aromatic N) is 2. The first-order valence-corrected chi connectivity index (χ1v) is 7.85. The zero-order valence-electron chi connectivity index (χ0n) is 12.1. The number of hydrogen-bond acceptors (Lipinski definition) is 2. The number of aromatic nitrogens is 2. The van der Waals surface area contributed by atoms with Gasteiger partial charge < -0.3 is 0 Å². The van der Waals surface area contributed by atoms with Gasteiger partial charge in [-0.05, 0) is 29.0 Å². The van der Waals surface area contributed by atoms with Crippen LogP contribution in [0.15, 0.2) is 66.7 Å². The van der Waals surface area contributed by atoms with Gasteiger partial charge in [0, 0.05) is 15.8 Å². The van der Waals surface area contributed by atoms with E-state index in [0.29, 0.717) is 5.02 Å². The quantitative estimate of drug-likeness (QED) is 0.269. The molecule has 1 aromatic heterocycles. The number of hydrogen-bond donors (Lipinski definition) is 0. The van der Waals surface area contributed by atoms with Crippen molar-refractivity contribution in [2.24, 2.45) is 0 Å². The van der Waals surface area contributed by atoms with Gasteiger partial charge in [0.1, 0.15) is 0 Å². The van der Waals surface area contributed by atoms with Crippen molar-refractivity contribution in [3.8, 4) is 0 Å². The van der Waals surface area contributed by atoms with Crippen LogP contribution in [-0.2, 0) is 0 Å². The second-order valence-corrected chi connectivity index (χ2v) is 6.08. The third kappa shape index (κ3) is 1.82. The fourth-order valence-corrected chi connectivity index (χ4v) is 3.42. The molecule has 0 spiro atoms. The highest BCUT2D eigenvalue weighted by molar-refractivity contribution is 6.31. The molecule has 0 N–H and O–H groups in total. The summed E-state index contributed by atoms with van der Waals surface area (Å²) in [5.74, 6) is 0. The van der Waals surface area contributed by atoms with Gasteiger partial charge in [0.15, 0.2) is 0 Å². The molecule has 0 atom stereocenters. The van der Waals surface area contributed by atoms with E-state index in [1.54, 1.807) is 0 Å². The van der Waals surface area contributed by atoms with Crippen molar-refractivity contribution in [3.63, 3.8) is 0 Å². The van der Waals surface area contributed by atoms with Crippen molar-refractivity contribution < 1.29 is 0 Å². The van der Waals surface area contributed by atoms with Crippen LogP contribution < -0.4 is 0 Å². The topological polar surface area (TPSA) is 25.8 Å². The van der Waals surface area contributed by atoms with Crippen LogP contribution in [-0.4, -0.2) is 9.97 Å². The molecule has 0 aliphatic carbocycles. The van der Waals surface area contributed by atoms with Gasteiger partial charge in [0.2, 0.25) is 0 Å². The Kier molecular flexibility index (Phi) is 2.58. The lowest BCUT2D eigenvalue weighted by molar-refractivity contribution is 1.42. The fraction of sp³-hybridized carbons (Fsp3) is 0. The maximum Gasteiger partial charge on any atom is 0.0979 e. The molecule has 3 heteroatoms. The third-order valence-corrected chi connectivity index (χ3v) is 4.52. The zero-order chi connectivity index (χ0) is 15.4. The van der Waals surface area contributed by atoms with Crippen molar-refractivity contribution in [1.29, 1.82) is 0 Å². The summed E-state index contributed by atoms with van der Waals surface area (Å²) in [4.78, 5) is 9.75. The number of benzene rings is 4. The summed E-state index contributed by atoms with van der Waals surface area (Å²) in [7, 11) is 0. The molecule has 0 bridgehead atoms. The standard InChI is InChI=1S/C20H11ClN2/c21-12-9-10-17-18(11-12)23-20-16-8-4-2-6-14(16)13-5-1-3-7-15(13)19(20)22-17/h1-11H. The fourth-order valence-electron chi connectivity index (χ4n) is 3.25. The maximum atomic E-state index is 6.12. The van der Waals surface area contributed by atoms with E-state index < -0.39 is 0 Å². The average Bonchev–Trinajstić information content (AvgIpc) is 2.60. The minimum Gasteiger partial charge on any atom is -0.244 e. The Morgan fingerprint density at radius 2 is 1.09 bits per heavy atom. The molecule has 23 heavy (non-hydrogen) atoms. The second-order valence-electron chi connectivity index (χ2n) is 5.65. The van der Waals surface area contributed by atoms with Gasteiger partial charge in [-0.2, -0.15) is 0 Å². The maximum absolute atomic E-state index is 6.12. The molecule has 0 radical (unpaired) electrons. The molecule has 0 aliphatic heterocycles. The predicted octanol–water partition coefficient (Wildman–Crippen LogP) is 5.74. The number of halogens is 1. The summed E-state index contributed by atoms with van der Waals surface area (Å²) in [6, 6.07) is 22.4. The molecule has 0 saturated heterocycles. The van der Waals surface area contributed by atoms with Gasteiger partial charge >= 0.3 is 0 Å². The third-order valence-electron chi connectivity index (χ3n) is 4.28. The molecule has 0 unspecified atom stereocenters. The summed E-state index contributed by atoms with van der Waals surface area (Å²) < 4.78 is 0. The Hall–Kier alpha value is -2.71. The lowest BCUT2D eigenvalue weighted by Crippen LogP contribution is -1.91. The number of rotatable bonds is 0. The smallest absolute Gasteiger partial charge is 0.0979 e. The van der Waals surface area contributed by atoms with Crippen molar-refractivity contribution in [2.75, 3.05) is 0 Å². The largest absolute Gasteiger partial charge is 0.244 e. The van der Waals surface area contributed by atoms with Gasteiger partial charge in [-0.3, -0.25) is 0 Å². The van der Waals surface area contributed by atoms with Gasteiger partial charge in [0.05, 0.1) is 22.1 Å². The van der Waals surface area contributed by atoms with Crippen molar-refractivity contribution in [2.45, 2.75) is 0 Å². The molecule has 4 aromatic carbocycles. The van der Waals surface area contributed by atoms with Crippen LogP contribution >= 0.6 is 11.6 Å². The first kappa shape index (κ1) is 12.8. The first-order chi connectivity index (χ1) is 11.3. The van der Waals surface area contributed by atoms with Crippen molar-refractivity contribution >= 4 is 55.2 Å². The normalized spacial score (nSPS) is 11.7.